The van der Waals surface area contributed by atoms with Crippen molar-refractivity contribution in [3.63, 3.8) is 0 Å². The number of rotatable bonds is 10. The van der Waals surface area contributed by atoms with Gasteiger partial charge < -0.3 is 10.1 Å². The van der Waals surface area contributed by atoms with Crippen molar-refractivity contribution in [3.8, 4) is 5.75 Å². The first-order chi connectivity index (χ1) is 15.9. The van der Waals surface area contributed by atoms with Crippen molar-refractivity contribution in [1.82, 2.24) is 5.32 Å². The molecule has 0 fully saturated rings. The van der Waals surface area contributed by atoms with E-state index in [-0.39, 0.29) is 17.4 Å². The van der Waals surface area contributed by atoms with E-state index >= 15 is 0 Å². The lowest BCUT2D eigenvalue weighted by Gasteiger charge is -2.23. The SMILES string of the molecule is CCCc1ccc(COc2ccccc2)cc1C(=O)NC(CC(C)C)c1cc(F)ccc1F. The molecule has 3 rings (SSSR count). The topological polar surface area (TPSA) is 38.3 Å². The summed E-state index contributed by atoms with van der Waals surface area (Å²) < 4.78 is 34.2. The maximum absolute atomic E-state index is 14.5. The first kappa shape index (κ1) is 24.4. The van der Waals surface area contributed by atoms with Gasteiger partial charge >= 0.3 is 0 Å². The Morgan fingerprint density at radius 3 is 2.45 bits per heavy atom. The van der Waals surface area contributed by atoms with Gasteiger partial charge in [0.2, 0.25) is 0 Å². The molecule has 3 aromatic carbocycles. The molecule has 1 unspecified atom stereocenters. The average Bonchev–Trinajstić information content (AvgIpc) is 2.80. The van der Waals surface area contributed by atoms with Crippen molar-refractivity contribution in [2.24, 2.45) is 5.92 Å². The summed E-state index contributed by atoms with van der Waals surface area (Å²) in [6.07, 6.45) is 2.12. The van der Waals surface area contributed by atoms with Crippen LogP contribution in [0.15, 0.2) is 66.7 Å². The second-order valence-corrected chi connectivity index (χ2v) is 8.66. The highest BCUT2D eigenvalue weighted by Gasteiger charge is 2.22. The molecular weight excluding hydrogens is 420 g/mol. The van der Waals surface area contributed by atoms with Gasteiger partial charge in [-0.2, -0.15) is 0 Å². The Labute approximate surface area is 194 Å². The summed E-state index contributed by atoms with van der Waals surface area (Å²) in [6.45, 7) is 6.35. The Morgan fingerprint density at radius 2 is 1.76 bits per heavy atom. The third kappa shape index (κ3) is 6.88. The number of benzene rings is 3. The third-order valence-electron chi connectivity index (χ3n) is 5.43. The van der Waals surface area contributed by atoms with Crippen LogP contribution >= 0.6 is 0 Å². The normalized spacial score (nSPS) is 11.9. The molecule has 0 bridgehead atoms. The fourth-order valence-corrected chi connectivity index (χ4v) is 3.85. The van der Waals surface area contributed by atoms with Gasteiger partial charge in [0.15, 0.2) is 0 Å². The minimum atomic E-state index is -0.632. The quantitative estimate of drug-likeness (QED) is 0.360. The van der Waals surface area contributed by atoms with Crippen LogP contribution in [0.4, 0.5) is 8.78 Å². The molecule has 0 aliphatic rings. The molecule has 0 saturated carbocycles. The summed E-state index contributed by atoms with van der Waals surface area (Å²) >= 11 is 0. The molecule has 5 heteroatoms. The van der Waals surface area contributed by atoms with Gasteiger partial charge in [-0.1, -0.05) is 57.5 Å². The fourth-order valence-electron chi connectivity index (χ4n) is 3.85. The minimum Gasteiger partial charge on any atom is -0.489 e. The van der Waals surface area contributed by atoms with E-state index in [0.717, 1.165) is 41.9 Å². The van der Waals surface area contributed by atoms with Crippen LogP contribution in [0.1, 0.15) is 66.7 Å². The van der Waals surface area contributed by atoms with Gasteiger partial charge in [0.25, 0.3) is 5.91 Å². The average molecular weight is 452 g/mol. The summed E-state index contributed by atoms with van der Waals surface area (Å²) in [5, 5.41) is 2.96. The first-order valence-corrected chi connectivity index (χ1v) is 11.4. The molecule has 0 saturated heterocycles. The van der Waals surface area contributed by atoms with Crippen LogP contribution in [0.25, 0.3) is 0 Å². The molecule has 0 heterocycles. The molecule has 1 N–H and O–H groups in total. The standard InChI is InChI=1S/C28H31F2NO2/c1-4-8-21-12-11-20(18-33-23-9-6-5-7-10-23)16-24(21)28(32)31-27(15-19(2)3)25-17-22(29)13-14-26(25)30/h5-7,9-14,16-17,19,27H,4,8,15,18H2,1-3H3,(H,31,32). The maximum atomic E-state index is 14.5. The van der Waals surface area contributed by atoms with Crippen molar-refractivity contribution in [2.75, 3.05) is 0 Å². The Bertz CT molecular complexity index is 1070. The highest BCUT2D eigenvalue weighted by atomic mass is 19.1. The molecule has 3 nitrogen and oxygen atoms in total. The molecule has 174 valence electrons. The second-order valence-electron chi connectivity index (χ2n) is 8.66. The van der Waals surface area contributed by atoms with E-state index in [1.807, 2.05) is 62.4 Å². The van der Waals surface area contributed by atoms with Gasteiger partial charge in [0, 0.05) is 11.1 Å². The van der Waals surface area contributed by atoms with E-state index in [2.05, 4.69) is 12.2 Å². The van der Waals surface area contributed by atoms with E-state index < -0.39 is 17.7 Å². The molecule has 0 aromatic heterocycles. The lowest BCUT2D eigenvalue weighted by molar-refractivity contribution is 0.0930. The van der Waals surface area contributed by atoms with E-state index in [0.29, 0.717) is 18.6 Å². The zero-order valence-electron chi connectivity index (χ0n) is 19.4. The number of nitrogens with one attached hydrogen (secondary N) is 1. The number of hydrogen-bond acceptors (Lipinski definition) is 2. The van der Waals surface area contributed by atoms with Gasteiger partial charge in [0.05, 0.1) is 6.04 Å². The zero-order chi connectivity index (χ0) is 23.8. The van der Waals surface area contributed by atoms with E-state index in [1.54, 1.807) is 0 Å². The monoisotopic (exact) mass is 451 g/mol. The Hall–Kier alpha value is -3.21. The minimum absolute atomic E-state index is 0.164. The predicted molar refractivity (Wildman–Crippen MR) is 127 cm³/mol. The van der Waals surface area contributed by atoms with Crippen LogP contribution in [0.5, 0.6) is 5.75 Å². The number of carbonyl (C=O) groups is 1. The summed E-state index contributed by atoms with van der Waals surface area (Å²) in [5.74, 6) is -0.421. The highest BCUT2D eigenvalue weighted by Crippen LogP contribution is 2.26. The molecule has 0 aliphatic carbocycles. The van der Waals surface area contributed by atoms with E-state index in [4.69, 9.17) is 4.74 Å². The molecule has 3 aromatic rings. The van der Waals surface area contributed by atoms with Gasteiger partial charge in [-0.3, -0.25) is 4.79 Å². The third-order valence-corrected chi connectivity index (χ3v) is 5.43. The number of ether oxygens (including phenoxy) is 1. The number of amides is 1. The predicted octanol–water partition coefficient (Wildman–Crippen LogP) is 7.01. The van der Waals surface area contributed by atoms with Crippen molar-refractivity contribution in [3.05, 3.63) is 101 Å². The molecule has 0 radical (unpaired) electrons. The molecule has 0 spiro atoms. The number of aryl methyl sites for hydroxylation is 1. The lowest BCUT2D eigenvalue weighted by atomic mass is 9.95. The van der Waals surface area contributed by atoms with Gasteiger partial charge in [-0.05, 0) is 66.3 Å². The fraction of sp³-hybridized carbons (Fsp3) is 0.321. The molecular formula is C28H31F2NO2. The smallest absolute Gasteiger partial charge is 0.252 e. The van der Waals surface area contributed by atoms with Crippen molar-refractivity contribution in [2.45, 2.75) is 52.7 Å². The van der Waals surface area contributed by atoms with Gasteiger partial charge in [0.1, 0.15) is 24.0 Å². The van der Waals surface area contributed by atoms with Crippen molar-refractivity contribution >= 4 is 5.91 Å². The Balaban J connectivity index is 1.86. The van der Waals surface area contributed by atoms with Crippen LogP contribution in [0, 0.1) is 17.6 Å². The van der Waals surface area contributed by atoms with Crippen LogP contribution in [-0.4, -0.2) is 5.91 Å². The number of para-hydroxylation sites is 1. The van der Waals surface area contributed by atoms with Crippen LogP contribution in [-0.2, 0) is 13.0 Å². The number of hydrogen-bond donors (Lipinski definition) is 1. The van der Waals surface area contributed by atoms with Crippen molar-refractivity contribution in [1.29, 1.82) is 0 Å². The Morgan fingerprint density at radius 1 is 1.00 bits per heavy atom. The summed E-state index contributed by atoms with van der Waals surface area (Å²) in [5.41, 5.74) is 2.48. The van der Waals surface area contributed by atoms with E-state index in [9.17, 15) is 13.6 Å². The van der Waals surface area contributed by atoms with Gasteiger partial charge in [-0.15, -0.1) is 0 Å². The van der Waals surface area contributed by atoms with E-state index in [1.165, 1.54) is 6.07 Å². The second kappa shape index (κ2) is 11.6. The maximum Gasteiger partial charge on any atom is 0.252 e. The van der Waals surface area contributed by atoms with Crippen LogP contribution in [0.3, 0.4) is 0 Å². The molecule has 33 heavy (non-hydrogen) atoms. The highest BCUT2D eigenvalue weighted by molar-refractivity contribution is 5.96. The zero-order valence-corrected chi connectivity index (χ0v) is 19.4. The lowest BCUT2D eigenvalue weighted by Crippen LogP contribution is -2.31. The van der Waals surface area contributed by atoms with Crippen LogP contribution in [0.2, 0.25) is 0 Å². The molecule has 1 amide bonds. The van der Waals surface area contributed by atoms with Crippen molar-refractivity contribution < 1.29 is 18.3 Å². The number of carbonyl (C=O) groups excluding carboxylic acids is 1. The van der Waals surface area contributed by atoms with Crippen LogP contribution < -0.4 is 10.1 Å². The summed E-state index contributed by atoms with van der Waals surface area (Å²) in [7, 11) is 0. The largest absolute Gasteiger partial charge is 0.489 e. The molecule has 0 aliphatic heterocycles. The first-order valence-electron chi connectivity index (χ1n) is 11.4. The molecule has 1 atom stereocenters. The summed E-state index contributed by atoms with van der Waals surface area (Å²) in [4.78, 5) is 13.4. The summed E-state index contributed by atoms with van der Waals surface area (Å²) in [6, 6.07) is 17.9. The number of halogens is 2. The Kier molecular flexibility index (Phi) is 8.58. The van der Waals surface area contributed by atoms with Gasteiger partial charge in [-0.25, -0.2) is 8.78 Å².